The number of carbonyl (C=O) groups is 2. The number of ketones is 1. The van der Waals surface area contributed by atoms with Crippen molar-refractivity contribution in [3.63, 3.8) is 0 Å². The van der Waals surface area contributed by atoms with Crippen molar-refractivity contribution in [1.82, 2.24) is 4.90 Å². The van der Waals surface area contributed by atoms with E-state index in [0.29, 0.717) is 17.7 Å². The number of nitrogens with zero attached hydrogens (tertiary/aromatic N) is 1. The number of morpholine rings is 1. The average Bonchev–Trinajstić information content (AvgIpc) is 2.47. The molecule has 0 aromatic heterocycles. The molecule has 1 fully saturated rings. The highest BCUT2D eigenvalue weighted by Gasteiger charge is 2.35. The maximum atomic E-state index is 13.4. The molecule has 1 aliphatic rings. The molecule has 5 nitrogen and oxygen atoms in total. The number of hydrogen-bond acceptors (Lipinski definition) is 4. The standard InChI is InChI=1S/C17H22FNO4/c1-11-9-12(5-6-13(11)18)15(20)14-10-22-8-7-19(14)16(21)23-17(2,3)4/h5-6,9,14H,7-8,10H2,1-4H3. The number of hydrogen-bond donors (Lipinski definition) is 0. The van der Waals surface area contributed by atoms with Crippen molar-refractivity contribution in [2.45, 2.75) is 39.3 Å². The Morgan fingerprint density at radius 2 is 2.04 bits per heavy atom. The Hall–Kier alpha value is -1.95. The fourth-order valence-corrected chi connectivity index (χ4v) is 2.35. The van der Waals surface area contributed by atoms with Crippen LogP contribution in [-0.4, -0.2) is 48.2 Å². The molecule has 2 rings (SSSR count). The first-order valence-corrected chi connectivity index (χ1v) is 7.57. The molecule has 0 radical (unpaired) electrons. The summed E-state index contributed by atoms with van der Waals surface area (Å²) >= 11 is 0. The summed E-state index contributed by atoms with van der Waals surface area (Å²) in [5.74, 6) is -0.649. The van der Waals surface area contributed by atoms with Gasteiger partial charge in [-0.1, -0.05) is 0 Å². The Labute approximate surface area is 135 Å². The highest BCUT2D eigenvalue weighted by Crippen LogP contribution is 2.19. The maximum Gasteiger partial charge on any atom is 0.411 e. The van der Waals surface area contributed by atoms with Crippen LogP contribution < -0.4 is 0 Å². The molecular formula is C17H22FNO4. The third-order valence-corrected chi connectivity index (χ3v) is 3.50. The summed E-state index contributed by atoms with van der Waals surface area (Å²) < 4.78 is 24.1. The van der Waals surface area contributed by atoms with Crippen LogP contribution in [0, 0.1) is 12.7 Å². The summed E-state index contributed by atoms with van der Waals surface area (Å²) in [7, 11) is 0. The van der Waals surface area contributed by atoms with Crippen LogP contribution in [0.5, 0.6) is 0 Å². The number of rotatable bonds is 2. The Morgan fingerprint density at radius 3 is 2.65 bits per heavy atom. The molecule has 23 heavy (non-hydrogen) atoms. The molecule has 6 heteroatoms. The van der Waals surface area contributed by atoms with Crippen LogP contribution in [0.15, 0.2) is 18.2 Å². The fourth-order valence-electron chi connectivity index (χ4n) is 2.35. The van der Waals surface area contributed by atoms with Crippen molar-refractivity contribution in [2.75, 3.05) is 19.8 Å². The van der Waals surface area contributed by atoms with E-state index in [2.05, 4.69) is 0 Å². The van der Waals surface area contributed by atoms with Gasteiger partial charge < -0.3 is 9.47 Å². The van der Waals surface area contributed by atoms with Gasteiger partial charge in [-0.15, -0.1) is 0 Å². The van der Waals surface area contributed by atoms with E-state index < -0.39 is 17.7 Å². The molecule has 1 aromatic rings. The Balaban J connectivity index is 2.21. The predicted molar refractivity (Wildman–Crippen MR) is 83.0 cm³/mol. The Morgan fingerprint density at radius 1 is 1.35 bits per heavy atom. The molecule has 1 unspecified atom stereocenters. The summed E-state index contributed by atoms with van der Waals surface area (Å²) in [6, 6.07) is 3.40. The van der Waals surface area contributed by atoms with Gasteiger partial charge in [-0.25, -0.2) is 9.18 Å². The predicted octanol–water partition coefficient (Wildman–Crippen LogP) is 2.95. The second-order valence-electron chi connectivity index (χ2n) is 6.59. The largest absolute Gasteiger partial charge is 0.444 e. The van der Waals surface area contributed by atoms with Crippen LogP contribution >= 0.6 is 0 Å². The van der Waals surface area contributed by atoms with Crippen molar-refractivity contribution in [3.8, 4) is 0 Å². The average molecular weight is 323 g/mol. The van der Waals surface area contributed by atoms with Gasteiger partial charge >= 0.3 is 6.09 Å². The summed E-state index contributed by atoms with van der Waals surface area (Å²) in [6.45, 7) is 7.64. The van der Waals surface area contributed by atoms with E-state index in [1.54, 1.807) is 27.7 Å². The minimum Gasteiger partial charge on any atom is -0.444 e. The second-order valence-corrected chi connectivity index (χ2v) is 6.59. The Bertz CT molecular complexity index is 609. The first kappa shape index (κ1) is 17.4. The van der Waals surface area contributed by atoms with E-state index in [4.69, 9.17) is 9.47 Å². The van der Waals surface area contributed by atoms with Gasteiger partial charge in [0, 0.05) is 12.1 Å². The molecule has 1 heterocycles. The zero-order valence-corrected chi connectivity index (χ0v) is 13.9. The van der Waals surface area contributed by atoms with Gasteiger partial charge in [-0.05, 0) is 51.5 Å². The van der Waals surface area contributed by atoms with Crippen molar-refractivity contribution in [3.05, 3.63) is 35.1 Å². The van der Waals surface area contributed by atoms with E-state index in [1.165, 1.54) is 23.1 Å². The lowest BCUT2D eigenvalue weighted by molar-refractivity contribution is -0.0265. The van der Waals surface area contributed by atoms with Crippen LogP contribution in [0.3, 0.4) is 0 Å². The van der Waals surface area contributed by atoms with Crippen LogP contribution in [0.25, 0.3) is 0 Å². The summed E-state index contributed by atoms with van der Waals surface area (Å²) in [5, 5.41) is 0. The summed E-state index contributed by atoms with van der Waals surface area (Å²) in [5.41, 5.74) is 0.0967. The maximum absolute atomic E-state index is 13.4. The zero-order chi connectivity index (χ0) is 17.2. The van der Waals surface area contributed by atoms with Gasteiger partial charge in [0.1, 0.15) is 17.5 Å². The fraction of sp³-hybridized carbons (Fsp3) is 0.529. The summed E-state index contributed by atoms with van der Waals surface area (Å²) in [4.78, 5) is 26.4. The van der Waals surface area contributed by atoms with E-state index in [9.17, 15) is 14.0 Å². The smallest absolute Gasteiger partial charge is 0.411 e. The van der Waals surface area contributed by atoms with E-state index in [1.807, 2.05) is 0 Å². The van der Waals surface area contributed by atoms with Gasteiger partial charge in [-0.3, -0.25) is 9.69 Å². The topological polar surface area (TPSA) is 55.8 Å². The molecule has 1 saturated heterocycles. The third-order valence-electron chi connectivity index (χ3n) is 3.50. The van der Waals surface area contributed by atoms with Gasteiger partial charge in [0.15, 0.2) is 5.78 Å². The lowest BCUT2D eigenvalue weighted by Gasteiger charge is -2.35. The highest BCUT2D eigenvalue weighted by atomic mass is 19.1. The minimum atomic E-state index is -0.761. The molecule has 0 aliphatic carbocycles. The van der Waals surface area contributed by atoms with Gasteiger partial charge in [0.25, 0.3) is 0 Å². The van der Waals surface area contributed by atoms with Gasteiger partial charge in [0.2, 0.25) is 0 Å². The lowest BCUT2D eigenvalue weighted by Crippen LogP contribution is -2.53. The molecular weight excluding hydrogens is 301 g/mol. The van der Waals surface area contributed by atoms with Crippen molar-refractivity contribution in [1.29, 1.82) is 0 Å². The van der Waals surface area contributed by atoms with E-state index in [-0.39, 0.29) is 24.8 Å². The van der Waals surface area contributed by atoms with E-state index in [0.717, 1.165) is 0 Å². The monoisotopic (exact) mass is 323 g/mol. The lowest BCUT2D eigenvalue weighted by atomic mass is 10.0. The number of carbonyl (C=O) groups excluding carboxylic acids is 2. The zero-order valence-electron chi connectivity index (χ0n) is 13.9. The third kappa shape index (κ3) is 4.28. The molecule has 1 aromatic carbocycles. The van der Waals surface area contributed by atoms with E-state index >= 15 is 0 Å². The Kier molecular flexibility index (Phi) is 5.04. The number of halogens is 1. The molecule has 0 spiro atoms. The molecule has 0 bridgehead atoms. The molecule has 0 saturated carbocycles. The normalized spacial score (nSPS) is 18.7. The number of Topliss-reactive ketones (excluding diaryl/α,β-unsaturated/α-hetero) is 1. The SMILES string of the molecule is Cc1cc(C(=O)C2COCCN2C(=O)OC(C)(C)C)ccc1F. The molecule has 1 amide bonds. The number of ether oxygens (including phenoxy) is 2. The molecule has 1 atom stereocenters. The summed E-state index contributed by atoms with van der Waals surface area (Å²) in [6.07, 6.45) is -0.544. The molecule has 126 valence electrons. The highest BCUT2D eigenvalue weighted by molar-refractivity contribution is 6.01. The molecule has 1 aliphatic heterocycles. The van der Waals surface area contributed by atoms with Gasteiger partial charge in [0.05, 0.1) is 13.2 Å². The number of aryl methyl sites for hydroxylation is 1. The number of benzene rings is 1. The van der Waals surface area contributed by atoms with Crippen LogP contribution in [0.1, 0.15) is 36.7 Å². The van der Waals surface area contributed by atoms with Gasteiger partial charge in [-0.2, -0.15) is 0 Å². The molecule has 0 N–H and O–H groups in total. The van der Waals surface area contributed by atoms with Crippen LogP contribution in [0.2, 0.25) is 0 Å². The quantitative estimate of drug-likeness (QED) is 0.785. The van der Waals surface area contributed by atoms with Crippen molar-refractivity contribution < 1.29 is 23.5 Å². The minimum absolute atomic E-state index is 0.106. The van der Waals surface area contributed by atoms with Crippen LogP contribution in [-0.2, 0) is 9.47 Å². The first-order valence-electron chi connectivity index (χ1n) is 7.57. The van der Waals surface area contributed by atoms with Crippen molar-refractivity contribution >= 4 is 11.9 Å². The first-order chi connectivity index (χ1) is 10.7. The van der Waals surface area contributed by atoms with Crippen molar-refractivity contribution in [2.24, 2.45) is 0 Å². The van der Waals surface area contributed by atoms with Crippen LogP contribution in [0.4, 0.5) is 9.18 Å². The second kappa shape index (κ2) is 6.66. The number of amides is 1.